The highest BCUT2D eigenvalue weighted by molar-refractivity contribution is 5.97. The average Bonchev–Trinajstić information content (AvgIpc) is 3.59. The van der Waals surface area contributed by atoms with Crippen LogP contribution in [0.5, 0.6) is 0 Å². The van der Waals surface area contributed by atoms with Gasteiger partial charge in [0.1, 0.15) is 5.84 Å². The van der Waals surface area contributed by atoms with Crippen molar-refractivity contribution in [2.24, 2.45) is 55.3 Å². The molecule has 2 rings (SSSR count). The van der Waals surface area contributed by atoms with E-state index in [0.717, 1.165) is 58.0 Å². The number of nitrogens with zero attached hydrogens (tertiary/aromatic N) is 3. The van der Waals surface area contributed by atoms with Crippen LogP contribution in [0.1, 0.15) is 111 Å². The van der Waals surface area contributed by atoms with Crippen LogP contribution in [-0.2, 0) is 0 Å². The van der Waals surface area contributed by atoms with Gasteiger partial charge in [0, 0.05) is 19.0 Å². The molecular formula is C28H55N9. The minimum atomic E-state index is 0.187. The number of amidine groups is 1. The van der Waals surface area contributed by atoms with Crippen LogP contribution in [0.4, 0.5) is 0 Å². The molecule has 2 aliphatic rings. The lowest BCUT2D eigenvalue weighted by Gasteiger charge is -2.27. The minimum absolute atomic E-state index is 0.187. The molecule has 2 saturated carbocycles. The van der Waals surface area contributed by atoms with Gasteiger partial charge in [-0.3, -0.25) is 15.7 Å². The summed E-state index contributed by atoms with van der Waals surface area (Å²) in [5.74, 6) is 2.93. The number of aliphatic imine (C=N–C) groups is 3. The van der Waals surface area contributed by atoms with Crippen molar-refractivity contribution in [2.75, 3.05) is 13.1 Å². The molecule has 3 unspecified atom stereocenters. The van der Waals surface area contributed by atoms with Crippen molar-refractivity contribution < 1.29 is 0 Å². The molecule has 0 aliphatic heterocycles. The summed E-state index contributed by atoms with van der Waals surface area (Å²) in [5.41, 5.74) is 18.8. The van der Waals surface area contributed by atoms with Crippen molar-refractivity contribution in [3.63, 3.8) is 0 Å². The summed E-state index contributed by atoms with van der Waals surface area (Å²) in [6.45, 7) is 10.4. The fraction of sp³-hybridized carbons (Fsp3) is 0.857. The molecule has 212 valence electrons. The molecule has 2 aliphatic carbocycles. The topological polar surface area (TPSA) is 163 Å². The Hall–Kier alpha value is -2.32. The fourth-order valence-corrected chi connectivity index (χ4v) is 5.60. The molecule has 9 N–H and O–H groups in total. The lowest BCUT2D eigenvalue weighted by atomic mass is 9.82. The number of unbranched alkanes of at least 4 members (excludes halogenated alkanes) is 2. The molecule has 9 heteroatoms. The highest BCUT2D eigenvalue weighted by Crippen LogP contribution is 2.61. The average molecular weight is 518 g/mol. The molecule has 9 nitrogen and oxygen atoms in total. The second kappa shape index (κ2) is 15.8. The monoisotopic (exact) mass is 517 g/mol. The van der Waals surface area contributed by atoms with Gasteiger partial charge in [0.05, 0.1) is 6.04 Å². The summed E-state index contributed by atoms with van der Waals surface area (Å²) < 4.78 is 0. The van der Waals surface area contributed by atoms with Gasteiger partial charge in [-0.05, 0) is 62.2 Å². The maximum atomic E-state index is 8.21. The van der Waals surface area contributed by atoms with Crippen LogP contribution in [-0.4, -0.2) is 42.8 Å². The number of hydrogen-bond acceptors (Lipinski definition) is 3. The van der Waals surface area contributed by atoms with Crippen molar-refractivity contribution in [3.05, 3.63) is 0 Å². The van der Waals surface area contributed by atoms with E-state index in [1.807, 2.05) is 0 Å². The van der Waals surface area contributed by atoms with E-state index in [1.54, 1.807) is 0 Å². The molecule has 0 aromatic carbocycles. The highest BCUT2D eigenvalue weighted by Gasteiger charge is 2.56. The third-order valence-electron chi connectivity index (χ3n) is 8.48. The predicted molar refractivity (Wildman–Crippen MR) is 158 cm³/mol. The predicted octanol–water partition coefficient (Wildman–Crippen LogP) is 4.47. The zero-order valence-corrected chi connectivity index (χ0v) is 24.0. The Morgan fingerprint density at radius 2 is 1.57 bits per heavy atom. The SMILES string of the molecule is CCCCC(CC)CN=C(N)NC(N)=NC1CCC2(CC1)CC2/C(N)=N/C(=N)NCC(CC)CCCC. The normalized spacial score (nSPS) is 26.1. The Balaban J connectivity index is 1.76. The maximum Gasteiger partial charge on any atom is 0.216 e. The van der Waals surface area contributed by atoms with Crippen molar-refractivity contribution in [1.29, 1.82) is 5.41 Å². The van der Waals surface area contributed by atoms with Crippen molar-refractivity contribution in [3.8, 4) is 0 Å². The van der Waals surface area contributed by atoms with E-state index in [-0.39, 0.29) is 23.3 Å². The van der Waals surface area contributed by atoms with Gasteiger partial charge in [-0.1, -0.05) is 66.2 Å². The van der Waals surface area contributed by atoms with E-state index in [9.17, 15) is 0 Å². The van der Waals surface area contributed by atoms with Gasteiger partial charge in [0.25, 0.3) is 0 Å². The van der Waals surface area contributed by atoms with Crippen LogP contribution in [0, 0.1) is 28.6 Å². The van der Waals surface area contributed by atoms with Crippen LogP contribution >= 0.6 is 0 Å². The van der Waals surface area contributed by atoms with Crippen LogP contribution < -0.4 is 27.8 Å². The zero-order valence-electron chi connectivity index (χ0n) is 24.0. The molecule has 0 saturated heterocycles. The summed E-state index contributed by atoms with van der Waals surface area (Å²) in [6.07, 6.45) is 14.6. The standard InChI is InChI=1S/C28H55N9/c1-5-9-11-20(7-3)18-33-25(30)36-24(29)23-17-28(23)15-13-22(14-16-28)35-27(32)37-26(31)34-19-21(8-4)12-10-6-2/h20-23H,5-19H2,1-4H3,(H4,29,30,33,36)(H5,31,32,34,35,37). The van der Waals surface area contributed by atoms with E-state index in [2.05, 4.69) is 53.3 Å². The number of nitrogens with two attached hydrogens (primary N) is 3. The first-order valence-electron chi connectivity index (χ1n) is 14.8. The summed E-state index contributed by atoms with van der Waals surface area (Å²) >= 11 is 0. The quantitative estimate of drug-likeness (QED) is 0.148. The smallest absolute Gasteiger partial charge is 0.216 e. The second-order valence-electron chi connectivity index (χ2n) is 11.3. The van der Waals surface area contributed by atoms with E-state index >= 15 is 0 Å². The maximum absolute atomic E-state index is 8.21. The molecule has 3 atom stereocenters. The van der Waals surface area contributed by atoms with Crippen LogP contribution in [0.25, 0.3) is 0 Å². The van der Waals surface area contributed by atoms with Gasteiger partial charge in [0.2, 0.25) is 5.96 Å². The molecule has 1 spiro atoms. The van der Waals surface area contributed by atoms with Gasteiger partial charge in [-0.25, -0.2) is 9.98 Å². The molecule has 0 amide bonds. The number of nitrogens with one attached hydrogen (secondary N) is 3. The Bertz CT molecular complexity index is 781. The molecule has 2 fully saturated rings. The van der Waals surface area contributed by atoms with Crippen LogP contribution in [0.15, 0.2) is 15.0 Å². The Labute approximate surface area is 225 Å². The van der Waals surface area contributed by atoms with Crippen molar-refractivity contribution in [2.45, 2.75) is 117 Å². The molecule has 0 bridgehead atoms. The molecule has 0 radical (unpaired) electrons. The number of guanidine groups is 3. The molecule has 37 heavy (non-hydrogen) atoms. The Kier molecular flexibility index (Phi) is 13.2. The molecule has 0 heterocycles. The summed E-state index contributed by atoms with van der Waals surface area (Å²) in [7, 11) is 0. The Morgan fingerprint density at radius 3 is 2.16 bits per heavy atom. The van der Waals surface area contributed by atoms with E-state index in [1.165, 1.54) is 38.5 Å². The largest absolute Gasteiger partial charge is 0.387 e. The first-order valence-corrected chi connectivity index (χ1v) is 14.8. The summed E-state index contributed by atoms with van der Waals surface area (Å²) in [4.78, 5) is 13.6. The van der Waals surface area contributed by atoms with E-state index in [4.69, 9.17) is 22.6 Å². The fourth-order valence-electron chi connectivity index (χ4n) is 5.60. The zero-order chi connectivity index (χ0) is 27.3. The lowest BCUT2D eigenvalue weighted by Crippen LogP contribution is -2.42. The van der Waals surface area contributed by atoms with Gasteiger partial charge < -0.3 is 22.5 Å². The van der Waals surface area contributed by atoms with Crippen molar-refractivity contribution in [1.82, 2.24) is 10.6 Å². The molecule has 0 aromatic rings. The number of rotatable bonds is 14. The second-order valence-corrected chi connectivity index (χ2v) is 11.3. The van der Waals surface area contributed by atoms with Crippen molar-refractivity contribution >= 4 is 23.7 Å². The van der Waals surface area contributed by atoms with E-state index < -0.39 is 0 Å². The third-order valence-corrected chi connectivity index (χ3v) is 8.48. The van der Waals surface area contributed by atoms with Gasteiger partial charge in [0.15, 0.2) is 11.9 Å². The van der Waals surface area contributed by atoms with Crippen LogP contribution in [0.2, 0.25) is 0 Å². The van der Waals surface area contributed by atoms with Gasteiger partial charge in [-0.2, -0.15) is 0 Å². The van der Waals surface area contributed by atoms with E-state index in [0.29, 0.717) is 29.6 Å². The molecular weight excluding hydrogens is 462 g/mol. The third kappa shape index (κ3) is 10.5. The summed E-state index contributed by atoms with van der Waals surface area (Å²) in [6, 6.07) is 0.187. The van der Waals surface area contributed by atoms with Gasteiger partial charge in [-0.15, -0.1) is 0 Å². The number of hydrogen-bond donors (Lipinski definition) is 6. The minimum Gasteiger partial charge on any atom is -0.387 e. The first kappa shape index (κ1) is 30.9. The lowest BCUT2D eigenvalue weighted by molar-refractivity contribution is 0.297. The Morgan fingerprint density at radius 1 is 0.946 bits per heavy atom. The summed E-state index contributed by atoms with van der Waals surface area (Å²) in [5, 5.41) is 14.4. The first-order chi connectivity index (χ1) is 17.8. The highest BCUT2D eigenvalue weighted by atomic mass is 15.2. The molecule has 0 aromatic heterocycles. The van der Waals surface area contributed by atoms with Crippen LogP contribution in [0.3, 0.4) is 0 Å². The van der Waals surface area contributed by atoms with Gasteiger partial charge >= 0.3 is 0 Å².